The number of aromatic nitrogens is 2. The van der Waals surface area contributed by atoms with E-state index in [0.29, 0.717) is 34.8 Å². The van der Waals surface area contributed by atoms with Crippen LogP contribution < -0.4 is 19.7 Å². The fourth-order valence-corrected chi connectivity index (χ4v) is 6.67. The predicted octanol–water partition coefficient (Wildman–Crippen LogP) is 7.76. The van der Waals surface area contributed by atoms with Gasteiger partial charge in [0.2, 0.25) is 11.8 Å². The van der Waals surface area contributed by atoms with Gasteiger partial charge in [0.25, 0.3) is 15.7 Å². The number of rotatable bonds is 10. The number of ether oxygens (including phenoxy) is 2. The zero-order valence-corrected chi connectivity index (χ0v) is 27.4. The van der Waals surface area contributed by atoms with Gasteiger partial charge in [0.15, 0.2) is 0 Å². The molecule has 0 saturated carbocycles. The first kappa shape index (κ1) is 34.1. The highest BCUT2D eigenvalue weighted by Crippen LogP contribution is 2.46. The minimum absolute atomic E-state index is 0.124. The number of hydrogen-bond donors (Lipinski definition) is 1. The van der Waals surface area contributed by atoms with Crippen molar-refractivity contribution in [3.8, 4) is 23.3 Å². The molecule has 0 bridgehead atoms. The van der Waals surface area contributed by atoms with Crippen LogP contribution in [0.1, 0.15) is 36.8 Å². The molecule has 10 nitrogen and oxygen atoms in total. The Morgan fingerprint density at radius 2 is 1.18 bits per heavy atom. The quantitative estimate of drug-likeness (QED) is 0.146. The second-order valence-electron chi connectivity index (χ2n) is 11.5. The highest BCUT2D eigenvalue weighted by Gasteiger charge is 2.59. The zero-order chi connectivity index (χ0) is 35.7. The van der Waals surface area contributed by atoms with Gasteiger partial charge in [-0.15, -0.1) is 0 Å². The highest BCUT2D eigenvalue weighted by atomic mass is 32.2. The van der Waals surface area contributed by atoms with Gasteiger partial charge >= 0.3 is 11.5 Å². The number of sulfone groups is 1. The first-order valence-corrected chi connectivity index (χ1v) is 16.8. The van der Waals surface area contributed by atoms with Crippen molar-refractivity contribution in [2.24, 2.45) is 0 Å². The molecule has 1 saturated heterocycles. The van der Waals surface area contributed by atoms with E-state index in [4.69, 9.17) is 9.47 Å². The van der Waals surface area contributed by atoms with Crippen LogP contribution in [0.4, 0.5) is 23.7 Å². The summed E-state index contributed by atoms with van der Waals surface area (Å²) in [4.78, 5) is 36.8. The van der Waals surface area contributed by atoms with Crippen molar-refractivity contribution in [2.75, 3.05) is 4.90 Å². The minimum atomic E-state index is -5.66. The molecule has 1 N–H and O–H groups in total. The van der Waals surface area contributed by atoms with Crippen LogP contribution in [0.15, 0.2) is 126 Å². The molecule has 50 heavy (non-hydrogen) atoms. The number of halogens is 3. The number of hydrogen-bond acceptors (Lipinski definition) is 8. The van der Waals surface area contributed by atoms with Crippen molar-refractivity contribution in [2.45, 2.75) is 41.6 Å². The summed E-state index contributed by atoms with van der Waals surface area (Å²) in [6, 6.07) is 27.1. The van der Waals surface area contributed by atoms with E-state index in [9.17, 15) is 31.2 Å². The largest absolute Gasteiger partial charge is 0.501 e. The molecule has 0 spiro atoms. The van der Waals surface area contributed by atoms with Crippen molar-refractivity contribution in [3.05, 3.63) is 133 Å². The minimum Gasteiger partial charge on any atom is -0.439 e. The van der Waals surface area contributed by atoms with Gasteiger partial charge in [0.1, 0.15) is 17.0 Å². The summed E-state index contributed by atoms with van der Waals surface area (Å²) < 4.78 is 75.4. The number of nitrogens with zero attached hydrogens (tertiary/aromatic N) is 3. The molecule has 0 radical (unpaired) electrons. The van der Waals surface area contributed by atoms with E-state index in [0.717, 1.165) is 17.0 Å². The molecule has 1 aliphatic heterocycles. The Kier molecular flexibility index (Phi) is 9.06. The van der Waals surface area contributed by atoms with Crippen LogP contribution in [0.3, 0.4) is 0 Å². The lowest BCUT2D eigenvalue weighted by molar-refractivity contribution is -0.123. The molecule has 14 heteroatoms. The maximum Gasteiger partial charge on any atom is 0.501 e. The third-order valence-electron chi connectivity index (χ3n) is 8.60. The Labute approximate surface area is 285 Å². The molecule has 2 unspecified atom stereocenters. The van der Waals surface area contributed by atoms with Gasteiger partial charge in [-0.3, -0.25) is 4.79 Å². The first-order chi connectivity index (χ1) is 23.8. The van der Waals surface area contributed by atoms with Gasteiger partial charge < -0.3 is 14.8 Å². The number of pyridine rings is 2. The lowest BCUT2D eigenvalue weighted by Crippen LogP contribution is -2.55. The normalized spacial score (nSPS) is 17.6. The summed E-state index contributed by atoms with van der Waals surface area (Å²) in [5.74, 6) is -0.695. The SMILES string of the molecule is CC(c1ccnc(Oc2ccccc2)c1)C1(C(C)c2ccnc(Oc3ccccc3)c2)NC(=O)N(c2ccc(S(=O)(=O)C(F)(F)F)cc2)C1=O. The standard InChI is InChI=1S/C36H29F3N4O6S/c1-23(25-17-19-40-31(21-25)48-28-9-5-3-6-10-28)35(24(2)26-18-20-41-32(22-26)49-29-11-7-4-8-12-29)33(44)43(34(45)42-35)27-13-15-30(16-14-27)50(46,47)36(37,38)39/h3-24H,1-2H3,(H,42,45). The average molecular weight is 703 g/mol. The van der Waals surface area contributed by atoms with E-state index in [2.05, 4.69) is 15.3 Å². The number of imide groups is 1. The van der Waals surface area contributed by atoms with Gasteiger partial charge in [-0.05, 0) is 71.8 Å². The van der Waals surface area contributed by atoms with Crippen molar-refractivity contribution in [1.82, 2.24) is 15.3 Å². The fraction of sp³-hybridized carbons (Fsp3) is 0.167. The molecule has 3 aromatic carbocycles. The van der Waals surface area contributed by atoms with Crippen LogP contribution in [0.25, 0.3) is 0 Å². The maximum absolute atomic E-state index is 14.7. The van der Waals surface area contributed by atoms with Gasteiger partial charge in [-0.1, -0.05) is 50.2 Å². The summed E-state index contributed by atoms with van der Waals surface area (Å²) in [5, 5.41) is 2.89. The fourth-order valence-electron chi connectivity index (χ4n) is 5.91. The Morgan fingerprint density at radius 1 is 0.720 bits per heavy atom. The van der Waals surface area contributed by atoms with Crippen LogP contribution in [0.2, 0.25) is 0 Å². The number of benzene rings is 3. The Hall–Kier alpha value is -5.76. The molecule has 6 rings (SSSR count). The van der Waals surface area contributed by atoms with Crippen molar-refractivity contribution < 1.29 is 40.7 Å². The van der Waals surface area contributed by atoms with Crippen LogP contribution >= 0.6 is 0 Å². The van der Waals surface area contributed by atoms with E-state index in [-0.39, 0.29) is 17.4 Å². The number of urea groups is 1. The van der Waals surface area contributed by atoms with Crippen LogP contribution in [-0.4, -0.2) is 41.4 Å². The molecular weight excluding hydrogens is 673 g/mol. The summed E-state index contributed by atoms with van der Waals surface area (Å²) in [6.07, 6.45) is 3.03. The lowest BCUT2D eigenvalue weighted by Gasteiger charge is -2.39. The third kappa shape index (κ3) is 6.36. The molecule has 1 aliphatic rings. The zero-order valence-electron chi connectivity index (χ0n) is 26.5. The van der Waals surface area contributed by atoms with E-state index in [1.807, 2.05) is 12.1 Å². The first-order valence-electron chi connectivity index (χ1n) is 15.3. The second kappa shape index (κ2) is 13.3. The monoisotopic (exact) mass is 702 g/mol. The predicted molar refractivity (Wildman–Crippen MR) is 177 cm³/mol. The Bertz CT molecular complexity index is 2040. The van der Waals surface area contributed by atoms with Crippen LogP contribution in [0.5, 0.6) is 23.3 Å². The van der Waals surface area contributed by atoms with Crippen molar-refractivity contribution in [3.63, 3.8) is 0 Å². The van der Waals surface area contributed by atoms with Crippen LogP contribution in [-0.2, 0) is 14.6 Å². The molecular formula is C36H29F3N4O6S. The molecule has 5 aromatic rings. The second-order valence-corrected chi connectivity index (χ2v) is 13.5. The number of nitrogens with one attached hydrogen (secondary N) is 1. The molecule has 3 amide bonds. The van der Waals surface area contributed by atoms with Crippen LogP contribution in [0, 0.1) is 0 Å². The van der Waals surface area contributed by atoms with E-state index in [1.54, 1.807) is 86.6 Å². The molecule has 3 heterocycles. The smallest absolute Gasteiger partial charge is 0.439 e. The highest BCUT2D eigenvalue weighted by molar-refractivity contribution is 7.92. The number of para-hydroxylation sites is 2. The molecule has 2 aromatic heterocycles. The summed E-state index contributed by atoms with van der Waals surface area (Å²) in [6.45, 7) is 3.50. The Morgan fingerprint density at radius 3 is 1.62 bits per heavy atom. The lowest BCUT2D eigenvalue weighted by atomic mass is 9.70. The average Bonchev–Trinajstić information content (AvgIpc) is 3.38. The molecule has 0 aliphatic carbocycles. The Balaban J connectivity index is 1.41. The number of carbonyl (C=O) groups is 2. The van der Waals surface area contributed by atoms with Gasteiger partial charge in [0, 0.05) is 36.4 Å². The number of anilines is 1. The number of alkyl halides is 3. The van der Waals surface area contributed by atoms with E-state index >= 15 is 0 Å². The molecule has 2 atom stereocenters. The number of amides is 3. The van der Waals surface area contributed by atoms with Gasteiger partial charge in [-0.25, -0.2) is 28.1 Å². The van der Waals surface area contributed by atoms with Gasteiger partial charge in [0.05, 0.1) is 10.6 Å². The summed E-state index contributed by atoms with van der Waals surface area (Å²) in [7, 11) is -5.66. The topological polar surface area (TPSA) is 128 Å². The maximum atomic E-state index is 14.7. The van der Waals surface area contributed by atoms with Crippen molar-refractivity contribution in [1.29, 1.82) is 0 Å². The molecule has 256 valence electrons. The molecule has 1 fully saturated rings. The number of carbonyl (C=O) groups excluding carboxylic acids is 2. The third-order valence-corrected chi connectivity index (χ3v) is 10.1. The van der Waals surface area contributed by atoms with Gasteiger partial charge in [-0.2, -0.15) is 13.2 Å². The van der Waals surface area contributed by atoms with E-state index < -0.39 is 49.6 Å². The summed E-state index contributed by atoms with van der Waals surface area (Å²) >= 11 is 0. The van der Waals surface area contributed by atoms with E-state index in [1.165, 1.54) is 12.4 Å². The van der Waals surface area contributed by atoms with Crippen molar-refractivity contribution >= 4 is 27.5 Å². The summed E-state index contributed by atoms with van der Waals surface area (Å²) in [5.41, 5.74) is -6.19.